The Morgan fingerprint density at radius 2 is 1.85 bits per heavy atom. The second-order valence-electron chi connectivity index (χ2n) is 7.24. The van der Waals surface area contributed by atoms with Crippen LogP contribution in [-0.2, 0) is 16.1 Å². The largest absolute Gasteiger partial charge is 0.419 e. The molecule has 1 aliphatic heterocycles. The molecular weight excluding hydrogens is 348 g/mol. The number of benzene rings is 1. The van der Waals surface area contributed by atoms with Crippen molar-refractivity contribution >= 4 is 22.9 Å². The fourth-order valence-electron chi connectivity index (χ4n) is 3.45. The number of nitrogens with one attached hydrogen (secondary N) is 1. The number of oxazole rings is 1. The van der Waals surface area contributed by atoms with Crippen molar-refractivity contribution in [3.8, 4) is 0 Å². The fourth-order valence-corrected chi connectivity index (χ4v) is 3.45. The molecule has 144 valence electrons. The van der Waals surface area contributed by atoms with Crippen molar-refractivity contribution in [2.45, 2.75) is 31.8 Å². The van der Waals surface area contributed by atoms with Gasteiger partial charge in [0.05, 0.1) is 12.1 Å². The molecule has 27 heavy (non-hydrogen) atoms. The summed E-state index contributed by atoms with van der Waals surface area (Å²) >= 11 is 0. The normalized spacial score (nSPS) is 18.0. The number of rotatable bonds is 6. The van der Waals surface area contributed by atoms with Crippen molar-refractivity contribution in [3.05, 3.63) is 34.8 Å². The number of fused-ring (bicyclic) bond motifs is 1. The van der Waals surface area contributed by atoms with E-state index in [9.17, 15) is 14.4 Å². The summed E-state index contributed by atoms with van der Waals surface area (Å²) in [4.78, 5) is 40.2. The van der Waals surface area contributed by atoms with Crippen LogP contribution in [-0.4, -0.2) is 64.9 Å². The van der Waals surface area contributed by atoms with Gasteiger partial charge >= 0.3 is 5.76 Å². The maximum atomic E-state index is 12.5. The molecule has 2 amide bonds. The van der Waals surface area contributed by atoms with Crippen LogP contribution in [0.25, 0.3) is 11.1 Å². The van der Waals surface area contributed by atoms with Gasteiger partial charge in [0, 0.05) is 45.2 Å². The molecule has 2 aliphatic rings. The maximum Gasteiger partial charge on any atom is 0.419 e. The average Bonchev–Trinajstić information content (AvgIpc) is 3.41. The van der Waals surface area contributed by atoms with Crippen LogP contribution in [0.3, 0.4) is 0 Å². The van der Waals surface area contributed by atoms with Crippen LogP contribution in [0.2, 0.25) is 0 Å². The van der Waals surface area contributed by atoms with Crippen LogP contribution in [0.15, 0.2) is 33.5 Å². The number of hydrogen-bond acceptors (Lipinski definition) is 5. The van der Waals surface area contributed by atoms with Gasteiger partial charge in [-0.05, 0) is 25.0 Å². The lowest BCUT2D eigenvalue weighted by Gasteiger charge is -2.34. The summed E-state index contributed by atoms with van der Waals surface area (Å²) in [6.07, 6.45) is 2.43. The molecule has 0 radical (unpaired) electrons. The minimum atomic E-state index is -0.435. The highest BCUT2D eigenvalue weighted by Crippen LogP contribution is 2.18. The molecule has 1 aromatic carbocycles. The number of piperazine rings is 1. The SMILES string of the molecule is O=C(CN1CCN(C(=O)CCn2c(=O)oc3ccccc32)CC1)NC1CC1. The first kappa shape index (κ1) is 17.8. The number of amides is 2. The highest BCUT2D eigenvalue weighted by molar-refractivity contribution is 5.79. The summed E-state index contributed by atoms with van der Waals surface area (Å²) in [5.41, 5.74) is 1.25. The summed E-state index contributed by atoms with van der Waals surface area (Å²) in [6, 6.07) is 7.59. The number of hydrogen-bond donors (Lipinski definition) is 1. The minimum absolute atomic E-state index is 0.0225. The van der Waals surface area contributed by atoms with E-state index in [0.717, 1.165) is 12.8 Å². The van der Waals surface area contributed by atoms with Crippen molar-refractivity contribution in [3.63, 3.8) is 0 Å². The number of carbonyl (C=O) groups is 2. The molecule has 2 fully saturated rings. The summed E-state index contributed by atoms with van der Waals surface area (Å²) in [6.45, 7) is 3.30. The highest BCUT2D eigenvalue weighted by Gasteiger charge is 2.26. The Kier molecular flexibility index (Phi) is 4.98. The Balaban J connectivity index is 1.26. The van der Waals surface area contributed by atoms with Crippen LogP contribution in [0.5, 0.6) is 0 Å². The standard InChI is InChI=1S/C19H24N4O4/c24-17(20-14-5-6-14)13-21-9-11-22(12-10-21)18(25)7-8-23-15-3-1-2-4-16(15)27-19(23)26/h1-4,14H,5-13H2,(H,20,24). The summed E-state index contributed by atoms with van der Waals surface area (Å²) in [5, 5.41) is 2.99. The van der Waals surface area contributed by atoms with Crippen LogP contribution in [0.4, 0.5) is 0 Å². The maximum absolute atomic E-state index is 12.5. The molecule has 0 bridgehead atoms. The molecule has 8 heteroatoms. The molecule has 8 nitrogen and oxygen atoms in total. The summed E-state index contributed by atoms with van der Waals surface area (Å²) in [5.74, 6) is -0.340. The molecule has 1 saturated heterocycles. The van der Waals surface area contributed by atoms with Gasteiger partial charge in [-0.1, -0.05) is 12.1 Å². The van der Waals surface area contributed by atoms with E-state index in [-0.39, 0.29) is 18.2 Å². The van der Waals surface area contributed by atoms with E-state index < -0.39 is 5.76 Å². The Labute approximate surface area is 156 Å². The smallest absolute Gasteiger partial charge is 0.408 e. The lowest BCUT2D eigenvalue weighted by Crippen LogP contribution is -2.51. The number of nitrogens with zero attached hydrogens (tertiary/aromatic N) is 3. The van der Waals surface area contributed by atoms with Gasteiger partial charge in [0.2, 0.25) is 11.8 Å². The Hall–Kier alpha value is -2.61. The van der Waals surface area contributed by atoms with E-state index in [1.807, 2.05) is 23.1 Å². The quantitative estimate of drug-likeness (QED) is 0.793. The number of aryl methyl sites for hydroxylation is 1. The number of carbonyl (C=O) groups excluding carboxylic acids is 2. The zero-order valence-electron chi connectivity index (χ0n) is 15.2. The van der Waals surface area contributed by atoms with E-state index in [1.165, 1.54) is 4.57 Å². The molecule has 0 atom stereocenters. The van der Waals surface area contributed by atoms with E-state index in [0.29, 0.717) is 56.4 Å². The van der Waals surface area contributed by atoms with Crippen molar-refractivity contribution in [2.24, 2.45) is 0 Å². The predicted molar refractivity (Wildman–Crippen MR) is 99.3 cm³/mol. The summed E-state index contributed by atoms with van der Waals surface area (Å²) in [7, 11) is 0. The monoisotopic (exact) mass is 372 g/mol. The first-order chi connectivity index (χ1) is 13.1. The third-order valence-electron chi connectivity index (χ3n) is 5.16. The van der Waals surface area contributed by atoms with Gasteiger partial charge in [0.15, 0.2) is 5.58 Å². The molecule has 1 aromatic heterocycles. The number of para-hydroxylation sites is 2. The Morgan fingerprint density at radius 1 is 1.11 bits per heavy atom. The van der Waals surface area contributed by atoms with E-state index in [1.54, 1.807) is 6.07 Å². The van der Waals surface area contributed by atoms with Gasteiger partial charge in [-0.25, -0.2) is 4.79 Å². The van der Waals surface area contributed by atoms with Crippen molar-refractivity contribution < 1.29 is 14.0 Å². The van der Waals surface area contributed by atoms with E-state index in [2.05, 4.69) is 10.2 Å². The highest BCUT2D eigenvalue weighted by atomic mass is 16.4. The molecule has 0 unspecified atom stereocenters. The topological polar surface area (TPSA) is 87.8 Å². The first-order valence-electron chi connectivity index (χ1n) is 9.48. The number of aromatic nitrogens is 1. The van der Waals surface area contributed by atoms with Crippen LogP contribution in [0, 0.1) is 0 Å². The lowest BCUT2D eigenvalue weighted by molar-refractivity contribution is -0.133. The second-order valence-corrected chi connectivity index (χ2v) is 7.24. The zero-order valence-corrected chi connectivity index (χ0v) is 15.2. The molecule has 1 aliphatic carbocycles. The van der Waals surface area contributed by atoms with E-state index >= 15 is 0 Å². The predicted octanol–water partition coefficient (Wildman–Crippen LogP) is 0.407. The van der Waals surface area contributed by atoms with Gasteiger partial charge < -0.3 is 14.6 Å². The molecule has 2 aromatic rings. The van der Waals surface area contributed by atoms with Gasteiger partial charge in [-0.3, -0.25) is 19.1 Å². The zero-order chi connectivity index (χ0) is 18.8. The molecular formula is C19H24N4O4. The first-order valence-corrected chi connectivity index (χ1v) is 9.48. The van der Waals surface area contributed by atoms with E-state index in [4.69, 9.17) is 4.42 Å². The molecule has 1 saturated carbocycles. The van der Waals surface area contributed by atoms with Gasteiger partial charge in [0.1, 0.15) is 0 Å². The lowest BCUT2D eigenvalue weighted by atomic mass is 10.2. The van der Waals surface area contributed by atoms with Crippen molar-refractivity contribution in [1.29, 1.82) is 0 Å². The van der Waals surface area contributed by atoms with Crippen molar-refractivity contribution in [1.82, 2.24) is 19.7 Å². The van der Waals surface area contributed by atoms with Gasteiger partial charge in [-0.2, -0.15) is 0 Å². The Morgan fingerprint density at radius 3 is 2.59 bits per heavy atom. The Bertz CT molecular complexity index is 890. The van der Waals surface area contributed by atoms with Crippen molar-refractivity contribution in [2.75, 3.05) is 32.7 Å². The minimum Gasteiger partial charge on any atom is -0.408 e. The van der Waals surface area contributed by atoms with Crippen LogP contribution < -0.4 is 11.1 Å². The van der Waals surface area contributed by atoms with Crippen LogP contribution in [0.1, 0.15) is 19.3 Å². The molecule has 0 spiro atoms. The van der Waals surface area contributed by atoms with Gasteiger partial charge in [-0.15, -0.1) is 0 Å². The fraction of sp³-hybridized carbons (Fsp3) is 0.526. The second kappa shape index (κ2) is 7.56. The van der Waals surface area contributed by atoms with Crippen LogP contribution >= 0.6 is 0 Å². The molecule has 2 heterocycles. The molecule has 1 N–H and O–H groups in total. The third-order valence-corrected chi connectivity index (χ3v) is 5.16. The summed E-state index contributed by atoms with van der Waals surface area (Å²) < 4.78 is 6.70. The molecule has 4 rings (SSSR count). The van der Waals surface area contributed by atoms with Gasteiger partial charge in [0.25, 0.3) is 0 Å². The average molecular weight is 372 g/mol. The third kappa shape index (κ3) is 4.21.